The Morgan fingerprint density at radius 1 is 1.33 bits per heavy atom. The Labute approximate surface area is 128 Å². The summed E-state index contributed by atoms with van der Waals surface area (Å²) in [5.74, 6) is -0.0800. The molecule has 3 nitrogen and oxygen atoms in total. The van der Waals surface area contributed by atoms with Gasteiger partial charge in [-0.3, -0.25) is 4.79 Å². The number of nitrogens with zero attached hydrogens (tertiary/aromatic N) is 2. The molecule has 0 radical (unpaired) electrons. The molecular formula is C17H16N2OS. The maximum absolute atomic E-state index is 12.2. The summed E-state index contributed by atoms with van der Waals surface area (Å²) in [4.78, 5) is 15.1. The number of rotatable bonds is 4. The van der Waals surface area contributed by atoms with Gasteiger partial charge in [0.05, 0.1) is 17.7 Å². The minimum absolute atomic E-state index is 0.0355. The van der Waals surface area contributed by atoms with E-state index in [-0.39, 0.29) is 11.9 Å². The topological polar surface area (TPSA) is 44.1 Å². The summed E-state index contributed by atoms with van der Waals surface area (Å²) in [6.07, 6.45) is 3.21. The lowest BCUT2D eigenvalue weighted by molar-refractivity contribution is -0.126. The molecule has 0 aliphatic carbocycles. The number of likely N-dealkylation sites (N-methyl/N-ethyl adjacent to an activating group) is 1. The van der Waals surface area contributed by atoms with Crippen molar-refractivity contribution >= 4 is 23.3 Å². The molecule has 0 aliphatic rings. The zero-order valence-electron chi connectivity index (χ0n) is 12.0. The van der Waals surface area contributed by atoms with Gasteiger partial charge >= 0.3 is 0 Å². The van der Waals surface area contributed by atoms with E-state index in [2.05, 4.69) is 6.07 Å². The maximum atomic E-state index is 12.2. The largest absolute Gasteiger partial charge is 0.335 e. The van der Waals surface area contributed by atoms with Crippen LogP contribution in [0.5, 0.6) is 0 Å². The van der Waals surface area contributed by atoms with Gasteiger partial charge in [0.25, 0.3) is 0 Å². The Morgan fingerprint density at radius 3 is 2.76 bits per heavy atom. The van der Waals surface area contributed by atoms with E-state index in [1.165, 1.54) is 6.08 Å². The number of thiophene rings is 1. The van der Waals surface area contributed by atoms with E-state index < -0.39 is 0 Å². The molecule has 0 saturated heterocycles. The lowest BCUT2D eigenvalue weighted by atomic mass is 10.1. The molecule has 0 N–H and O–H groups in total. The highest BCUT2D eigenvalue weighted by molar-refractivity contribution is 7.10. The number of benzene rings is 1. The van der Waals surface area contributed by atoms with Crippen LogP contribution in [-0.2, 0) is 4.79 Å². The number of hydrogen-bond acceptors (Lipinski definition) is 3. The molecule has 106 valence electrons. The van der Waals surface area contributed by atoms with Crippen molar-refractivity contribution in [3.8, 4) is 6.07 Å². The Hall–Kier alpha value is -2.38. The first kappa shape index (κ1) is 15.0. The van der Waals surface area contributed by atoms with Crippen LogP contribution in [0.1, 0.15) is 29.0 Å². The van der Waals surface area contributed by atoms with Gasteiger partial charge in [0.15, 0.2) is 0 Å². The van der Waals surface area contributed by atoms with Crippen molar-refractivity contribution in [3.05, 3.63) is 63.9 Å². The van der Waals surface area contributed by atoms with Gasteiger partial charge in [0.1, 0.15) is 0 Å². The lowest BCUT2D eigenvalue weighted by Crippen LogP contribution is -2.27. The summed E-state index contributed by atoms with van der Waals surface area (Å²) < 4.78 is 0. The average Bonchev–Trinajstić information content (AvgIpc) is 3.05. The Balaban J connectivity index is 2.10. The van der Waals surface area contributed by atoms with Crippen molar-refractivity contribution in [3.63, 3.8) is 0 Å². The van der Waals surface area contributed by atoms with Gasteiger partial charge in [-0.2, -0.15) is 5.26 Å². The smallest absolute Gasteiger partial charge is 0.246 e. The average molecular weight is 296 g/mol. The molecular weight excluding hydrogens is 280 g/mol. The molecule has 1 heterocycles. The molecule has 0 saturated carbocycles. The van der Waals surface area contributed by atoms with Gasteiger partial charge in [-0.1, -0.05) is 24.3 Å². The predicted molar refractivity (Wildman–Crippen MR) is 85.7 cm³/mol. The number of amides is 1. The van der Waals surface area contributed by atoms with Crippen LogP contribution in [0.4, 0.5) is 0 Å². The second kappa shape index (κ2) is 6.87. The van der Waals surface area contributed by atoms with Crippen LogP contribution in [0.25, 0.3) is 6.08 Å². The molecule has 0 bridgehead atoms. The molecule has 2 aromatic rings. The second-order valence-corrected chi connectivity index (χ2v) is 5.65. The van der Waals surface area contributed by atoms with Crippen LogP contribution in [0.15, 0.2) is 47.9 Å². The van der Waals surface area contributed by atoms with Gasteiger partial charge in [0.2, 0.25) is 5.91 Å². The van der Waals surface area contributed by atoms with E-state index in [4.69, 9.17) is 5.26 Å². The summed E-state index contributed by atoms with van der Waals surface area (Å²) in [7, 11) is 1.78. The van der Waals surface area contributed by atoms with Crippen LogP contribution in [0.3, 0.4) is 0 Å². The molecule has 1 aromatic heterocycles. The first-order valence-corrected chi connectivity index (χ1v) is 7.49. The highest BCUT2D eigenvalue weighted by Gasteiger charge is 2.15. The van der Waals surface area contributed by atoms with E-state index in [1.807, 2.05) is 42.6 Å². The van der Waals surface area contributed by atoms with E-state index in [9.17, 15) is 4.79 Å². The first-order valence-electron chi connectivity index (χ1n) is 6.61. The van der Waals surface area contributed by atoms with Crippen LogP contribution in [0.2, 0.25) is 0 Å². The maximum Gasteiger partial charge on any atom is 0.246 e. The third-order valence-corrected chi connectivity index (χ3v) is 4.41. The van der Waals surface area contributed by atoms with Gasteiger partial charge in [0, 0.05) is 18.0 Å². The van der Waals surface area contributed by atoms with Gasteiger partial charge in [-0.15, -0.1) is 11.3 Å². The SMILES string of the molecule is CC(c1cccs1)N(C)C(=O)/C=C/c1ccccc1C#N. The number of hydrogen-bond donors (Lipinski definition) is 0. The fraction of sp³-hybridized carbons (Fsp3) is 0.176. The molecule has 21 heavy (non-hydrogen) atoms. The van der Waals surface area contributed by atoms with Crippen molar-refractivity contribution in [2.75, 3.05) is 7.05 Å². The van der Waals surface area contributed by atoms with E-state index in [0.29, 0.717) is 5.56 Å². The molecule has 4 heteroatoms. The quantitative estimate of drug-likeness (QED) is 0.804. The summed E-state index contributed by atoms with van der Waals surface area (Å²) in [5.41, 5.74) is 1.32. The highest BCUT2D eigenvalue weighted by Crippen LogP contribution is 2.23. The van der Waals surface area contributed by atoms with Crippen molar-refractivity contribution in [1.29, 1.82) is 5.26 Å². The van der Waals surface area contributed by atoms with Crippen LogP contribution >= 0.6 is 11.3 Å². The van der Waals surface area contributed by atoms with E-state index in [0.717, 1.165) is 10.4 Å². The molecule has 1 atom stereocenters. The Kier molecular flexibility index (Phi) is 4.91. The third kappa shape index (κ3) is 3.59. The Morgan fingerprint density at radius 2 is 2.10 bits per heavy atom. The predicted octanol–water partition coefficient (Wildman–Crippen LogP) is 3.85. The standard InChI is InChI=1S/C17H16N2OS/c1-13(16-8-5-11-21-16)19(2)17(20)10-9-14-6-3-4-7-15(14)12-18/h3-11,13H,1-2H3/b10-9+. The molecule has 1 unspecified atom stereocenters. The molecule has 0 fully saturated rings. The third-order valence-electron chi connectivity index (χ3n) is 3.37. The Bertz CT molecular complexity index is 683. The van der Waals surface area contributed by atoms with Crippen LogP contribution < -0.4 is 0 Å². The summed E-state index contributed by atoms with van der Waals surface area (Å²) in [6, 6.07) is 13.4. The molecule has 2 rings (SSSR count). The zero-order valence-corrected chi connectivity index (χ0v) is 12.8. The normalized spacial score (nSPS) is 12.0. The first-order chi connectivity index (χ1) is 10.1. The monoisotopic (exact) mass is 296 g/mol. The molecule has 0 spiro atoms. The number of carbonyl (C=O) groups is 1. The summed E-state index contributed by atoms with van der Waals surface area (Å²) in [5, 5.41) is 11.0. The number of carbonyl (C=O) groups excluding carboxylic acids is 1. The van der Waals surface area contributed by atoms with Gasteiger partial charge < -0.3 is 4.90 Å². The lowest BCUT2D eigenvalue weighted by Gasteiger charge is -2.22. The van der Waals surface area contributed by atoms with E-state index >= 15 is 0 Å². The minimum atomic E-state index is -0.0800. The second-order valence-electron chi connectivity index (χ2n) is 4.67. The molecule has 0 aliphatic heterocycles. The fourth-order valence-electron chi connectivity index (χ4n) is 1.93. The van der Waals surface area contributed by atoms with Crippen LogP contribution in [0, 0.1) is 11.3 Å². The van der Waals surface area contributed by atoms with Gasteiger partial charge in [-0.05, 0) is 36.1 Å². The van der Waals surface area contributed by atoms with Crippen molar-refractivity contribution in [1.82, 2.24) is 4.90 Å². The van der Waals surface area contributed by atoms with Crippen molar-refractivity contribution in [2.24, 2.45) is 0 Å². The summed E-state index contributed by atoms with van der Waals surface area (Å²) >= 11 is 1.64. The minimum Gasteiger partial charge on any atom is -0.335 e. The van der Waals surface area contributed by atoms with Crippen LogP contribution in [-0.4, -0.2) is 17.9 Å². The van der Waals surface area contributed by atoms with E-state index in [1.54, 1.807) is 35.4 Å². The molecule has 1 aromatic carbocycles. The molecule has 1 amide bonds. The summed E-state index contributed by atoms with van der Waals surface area (Å²) in [6.45, 7) is 2.00. The van der Waals surface area contributed by atoms with Crippen molar-refractivity contribution < 1.29 is 4.79 Å². The number of nitriles is 1. The van der Waals surface area contributed by atoms with Gasteiger partial charge in [-0.25, -0.2) is 0 Å². The van der Waals surface area contributed by atoms with Crippen molar-refractivity contribution in [2.45, 2.75) is 13.0 Å². The fourth-order valence-corrected chi connectivity index (χ4v) is 2.76. The zero-order chi connectivity index (χ0) is 15.2. The highest BCUT2D eigenvalue weighted by atomic mass is 32.1.